The van der Waals surface area contributed by atoms with Gasteiger partial charge in [0.1, 0.15) is 5.69 Å². The summed E-state index contributed by atoms with van der Waals surface area (Å²) in [6, 6.07) is 11.4. The average molecular weight is 399 g/mol. The van der Waals surface area contributed by atoms with Crippen LogP contribution in [0.1, 0.15) is 33.3 Å². The Bertz CT molecular complexity index is 1090. The van der Waals surface area contributed by atoms with E-state index in [9.17, 15) is 22.8 Å². The lowest BCUT2D eigenvalue weighted by Gasteiger charge is -2.10. The van der Waals surface area contributed by atoms with Gasteiger partial charge in [-0.2, -0.15) is 0 Å². The Morgan fingerprint density at radius 1 is 0.897 bits per heavy atom. The third-order valence-corrected chi connectivity index (χ3v) is 4.18. The van der Waals surface area contributed by atoms with E-state index in [1.807, 2.05) is 19.1 Å². The van der Waals surface area contributed by atoms with Crippen molar-refractivity contribution >= 4 is 23.2 Å². The second-order valence-electron chi connectivity index (χ2n) is 6.07. The molecule has 2 N–H and O–H groups in total. The predicted octanol–water partition coefficient (Wildman–Crippen LogP) is 4.57. The van der Waals surface area contributed by atoms with Crippen LogP contribution in [-0.4, -0.2) is 16.8 Å². The third-order valence-electron chi connectivity index (χ3n) is 4.18. The molecule has 8 heteroatoms. The molecule has 0 atom stereocenters. The van der Waals surface area contributed by atoms with Gasteiger partial charge in [-0.3, -0.25) is 14.6 Å². The Kier molecular flexibility index (Phi) is 5.92. The molecule has 1 heterocycles. The number of benzene rings is 2. The molecule has 5 nitrogen and oxygen atoms in total. The van der Waals surface area contributed by atoms with E-state index in [4.69, 9.17) is 0 Å². The average Bonchev–Trinajstić information content (AvgIpc) is 2.74. The van der Waals surface area contributed by atoms with E-state index in [2.05, 4.69) is 15.6 Å². The van der Waals surface area contributed by atoms with Gasteiger partial charge >= 0.3 is 0 Å². The number of carbonyl (C=O) groups excluding carboxylic acids is 2. The van der Waals surface area contributed by atoms with Crippen LogP contribution in [0.2, 0.25) is 0 Å². The van der Waals surface area contributed by atoms with Crippen molar-refractivity contribution in [1.82, 2.24) is 4.98 Å². The Morgan fingerprint density at radius 3 is 2.38 bits per heavy atom. The normalized spacial score (nSPS) is 10.5. The van der Waals surface area contributed by atoms with Gasteiger partial charge in [-0.05, 0) is 42.3 Å². The molecule has 0 unspecified atom stereocenters. The van der Waals surface area contributed by atoms with Crippen molar-refractivity contribution in [2.24, 2.45) is 0 Å². The monoisotopic (exact) mass is 399 g/mol. The van der Waals surface area contributed by atoms with Crippen molar-refractivity contribution in [3.8, 4) is 0 Å². The summed E-state index contributed by atoms with van der Waals surface area (Å²) in [6.45, 7) is 1.95. The second kappa shape index (κ2) is 8.55. The van der Waals surface area contributed by atoms with Crippen molar-refractivity contribution < 1.29 is 22.8 Å². The minimum atomic E-state index is -1.69. The van der Waals surface area contributed by atoms with Crippen LogP contribution in [0.15, 0.2) is 54.7 Å². The zero-order valence-corrected chi connectivity index (χ0v) is 15.3. The number of hydrogen-bond acceptors (Lipinski definition) is 3. The van der Waals surface area contributed by atoms with Crippen LogP contribution >= 0.6 is 0 Å². The molecule has 1 aromatic heterocycles. The fraction of sp³-hybridized carbons (Fsp3) is 0.0952. The van der Waals surface area contributed by atoms with Crippen molar-refractivity contribution in [3.05, 3.63) is 89.0 Å². The van der Waals surface area contributed by atoms with Gasteiger partial charge in [-0.1, -0.05) is 25.1 Å². The lowest BCUT2D eigenvalue weighted by atomic mass is 10.1. The molecule has 0 fully saturated rings. The fourth-order valence-electron chi connectivity index (χ4n) is 2.65. The van der Waals surface area contributed by atoms with Gasteiger partial charge in [-0.25, -0.2) is 13.2 Å². The number of halogens is 3. The maximum atomic E-state index is 13.8. The van der Waals surface area contributed by atoms with E-state index in [-0.39, 0.29) is 11.3 Å². The second-order valence-corrected chi connectivity index (χ2v) is 6.07. The number of pyridine rings is 1. The minimum Gasteiger partial charge on any atom is -0.320 e. The van der Waals surface area contributed by atoms with Crippen LogP contribution in [0.25, 0.3) is 0 Å². The van der Waals surface area contributed by atoms with Crippen LogP contribution < -0.4 is 10.6 Å². The zero-order chi connectivity index (χ0) is 21.0. The van der Waals surface area contributed by atoms with Crippen molar-refractivity contribution in [2.45, 2.75) is 13.3 Å². The van der Waals surface area contributed by atoms with E-state index >= 15 is 0 Å². The fourth-order valence-corrected chi connectivity index (χ4v) is 2.65. The molecule has 0 aliphatic carbocycles. The van der Waals surface area contributed by atoms with E-state index in [0.717, 1.165) is 11.6 Å². The number of nitrogens with zero attached hydrogens (tertiary/aromatic N) is 1. The van der Waals surface area contributed by atoms with Gasteiger partial charge in [0.05, 0.1) is 5.69 Å². The van der Waals surface area contributed by atoms with Gasteiger partial charge in [-0.15, -0.1) is 0 Å². The summed E-state index contributed by atoms with van der Waals surface area (Å²) < 4.78 is 40.1. The van der Waals surface area contributed by atoms with Gasteiger partial charge in [0, 0.05) is 17.4 Å². The first-order valence-electron chi connectivity index (χ1n) is 8.71. The quantitative estimate of drug-likeness (QED) is 0.618. The topological polar surface area (TPSA) is 71.1 Å². The number of hydrogen-bond donors (Lipinski definition) is 2. The molecule has 3 aromatic rings. The number of aryl methyl sites for hydroxylation is 1. The predicted molar refractivity (Wildman–Crippen MR) is 102 cm³/mol. The molecule has 0 aliphatic heterocycles. The molecular weight excluding hydrogens is 383 g/mol. The standard InChI is InChI=1S/C21H16F3N3O2/c1-2-12-5-3-4-6-15(12)26-21(29)17-11-13(9-10-25-17)20(28)27-16-8-7-14(22)18(23)19(16)24/h3-11H,2H2,1H3,(H,26,29)(H,27,28). The van der Waals surface area contributed by atoms with Gasteiger partial charge < -0.3 is 10.6 Å². The maximum absolute atomic E-state index is 13.8. The number of anilines is 2. The van der Waals surface area contributed by atoms with Crippen LogP contribution in [0, 0.1) is 17.5 Å². The molecule has 0 bridgehead atoms. The molecule has 29 heavy (non-hydrogen) atoms. The molecule has 0 saturated heterocycles. The van der Waals surface area contributed by atoms with Gasteiger partial charge in [0.15, 0.2) is 17.5 Å². The van der Waals surface area contributed by atoms with Crippen molar-refractivity contribution in [1.29, 1.82) is 0 Å². The van der Waals surface area contributed by atoms with Crippen LogP contribution in [0.3, 0.4) is 0 Å². The molecule has 0 spiro atoms. The lowest BCUT2D eigenvalue weighted by molar-refractivity contribution is 0.102. The SMILES string of the molecule is CCc1ccccc1NC(=O)c1cc(C(=O)Nc2ccc(F)c(F)c2F)ccn1. The minimum absolute atomic E-state index is 0.00180. The number of carbonyl (C=O) groups is 2. The molecule has 148 valence electrons. The summed E-state index contributed by atoms with van der Waals surface area (Å²) in [7, 11) is 0. The third kappa shape index (κ3) is 4.43. The highest BCUT2D eigenvalue weighted by molar-refractivity contribution is 6.08. The lowest BCUT2D eigenvalue weighted by Crippen LogP contribution is -2.18. The highest BCUT2D eigenvalue weighted by Gasteiger charge is 2.17. The Hall–Kier alpha value is -3.68. The zero-order valence-electron chi connectivity index (χ0n) is 15.3. The molecular formula is C21H16F3N3O2. The number of amides is 2. The van der Waals surface area contributed by atoms with Crippen molar-refractivity contribution in [2.75, 3.05) is 10.6 Å². The number of nitrogens with one attached hydrogen (secondary N) is 2. The molecule has 0 aliphatic rings. The van der Waals surface area contributed by atoms with E-state index in [1.165, 1.54) is 18.3 Å². The number of aromatic nitrogens is 1. The van der Waals surface area contributed by atoms with E-state index in [0.29, 0.717) is 18.2 Å². The Labute approximate surface area is 164 Å². The van der Waals surface area contributed by atoms with Gasteiger partial charge in [0.25, 0.3) is 11.8 Å². The molecule has 0 radical (unpaired) electrons. The first-order chi connectivity index (χ1) is 13.9. The summed E-state index contributed by atoms with van der Waals surface area (Å²) in [5.41, 5.74) is 1.00. The highest BCUT2D eigenvalue weighted by atomic mass is 19.2. The number of para-hydroxylation sites is 1. The maximum Gasteiger partial charge on any atom is 0.274 e. The van der Waals surface area contributed by atoms with Crippen LogP contribution in [0.4, 0.5) is 24.5 Å². The molecule has 3 rings (SSSR count). The Morgan fingerprint density at radius 2 is 1.62 bits per heavy atom. The molecule has 2 amide bonds. The number of rotatable bonds is 5. The summed E-state index contributed by atoms with van der Waals surface area (Å²) in [5.74, 6) is -5.90. The van der Waals surface area contributed by atoms with E-state index < -0.39 is 35.0 Å². The van der Waals surface area contributed by atoms with Gasteiger partial charge in [0.2, 0.25) is 0 Å². The van der Waals surface area contributed by atoms with Crippen LogP contribution in [0.5, 0.6) is 0 Å². The van der Waals surface area contributed by atoms with Crippen molar-refractivity contribution in [3.63, 3.8) is 0 Å². The first kappa shape index (κ1) is 20.1. The first-order valence-corrected chi connectivity index (χ1v) is 8.71. The summed E-state index contributed by atoms with van der Waals surface area (Å²) in [5, 5.41) is 4.88. The van der Waals surface area contributed by atoms with Crippen LogP contribution in [-0.2, 0) is 6.42 Å². The molecule has 0 saturated carbocycles. The Balaban J connectivity index is 1.79. The highest BCUT2D eigenvalue weighted by Crippen LogP contribution is 2.21. The smallest absolute Gasteiger partial charge is 0.274 e. The largest absolute Gasteiger partial charge is 0.320 e. The summed E-state index contributed by atoms with van der Waals surface area (Å²) >= 11 is 0. The summed E-state index contributed by atoms with van der Waals surface area (Å²) in [6.07, 6.45) is 1.96. The van der Waals surface area contributed by atoms with E-state index in [1.54, 1.807) is 12.1 Å². The summed E-state index contributed by atoms with van der Waals surface area (Å²) in [4.78, 5) is 28.8. The molecule has 2 aromatic carbocycles.